The molecular formula is C12H23NO4S2. The number of thioether (sulfide) groups is 1. The molecule has 1 N–H and O–H groups in total. The minimum atomic E-state index is -2.94. The Kier molecular flexibility index (Phi) is 6.14. The van der Waals surface area contributed by atoms with Gasteiger partial charge >= 0.3 is 5.97 Å². The first kappa shape index (κ1) is 16.8. The van der Waals surface area contributed by atoms with Crippen LogP contribution >= 0.6 is 11.8 Å². The van der Waals surface area contributed by atoms with Gasteiger partial charge in [-0.1, -0.05) is 0 Å². The maximum atomic E-state index is 12.0. The minimum absolute atomic E-state index is 0.139. The molecule has 0 aromatic carbocycles. The molecule has 19 heavy (non-hydrogen) atoms. The predicted octanol–water partition coefficient (Wildman–Crippen LogP) is 0.838. The van der Waals surface area contributed by atoms with E-state index in [4.69, 9.17) is 4.74 Å². The number of rotatable bonds is 9. The summed E-state index contributed by atoms with van der Waals surface area (Å²) in [5, 5.41) is 3.30. The summed E-state index contributed by atoms with van der Waals surface area (Å²) in [6.07, 6.45) is 3.40. The van der Waals surface area contributed by atoms with Gasteiger partial charge in [0.25, 0.3) is 0 Å². The normalized spacial score (nSPS) is 18.9. The molecule has 0 heterocycles. The maximum absolute atomic E-state index is 12.0. The highest BCUT2D eigenvalue weighted by Crippen LogP contribution is 2.25. The van der Waals surface area contributed by atoms with Gasteiger partial charge in [-0.3, -0.25) is 10.1 Å². The van der Waals surface area contributed by atoms with E-state index in [1.165, 1.54) is 18.0 Å². The molecule has 0 aromatic heterocycles. The number of esters is 1. The van der Waals surface area contributed by atoms with E-state index in [1.807, 2.05) is 6.92 Å². The Hall–Kier alpha value is -0.270. The molecule has 1 fully saturated rings. The molecule has 0 saturated heterocycles. The largest absolute Gasteiger partial charge is 0.465 e. The zero-order valence-electron chi connectivity index (χ0n) is 11.8. The lowest BCUT2D eigenvalue weighted by molar-refractivity contribution is -0.149. The highest BCUT2D eigenvalue weighted by Gasteiger charge is 2.39. The van der Waals surface area contributed by atoms with Crippen LogP contribution in [0.3, 0.4) is 0 Å². The van der Waals surface area contributed by atoms with Crippen molar-refractivity contribution in [3.63, 3.8) is 0 Å². The van der Waals surface area contributed by atoms with Crippen molar-refractivity contribution in [2.24, 2.45) is 0 Å². The van der Waals surface area contributed by atoms with Crippen LogP contribution in [0.2, 0.25) is 0 Å². The average molecular weight is 309 g/mol. The summed E-state index contributed by atoms with van der Waals surface area (Å²) in [7, 11) is -2.94. The number of carbonyl (C=O) groups is 1. The molecule has 112 valence electrons. The summed E-state index contributed by atoms with van der Waals surface area (Å²) in [5.74, 6) is 0.909. The van der Waals surface area contributed by atoms with E-state index in [-0.39, 0.29) is 11.7 Å². The number of carbonyl (C=O) groups excluding carboxylic acids is 1. The number of hydrogen-bond acceptors (Lipinski definition) is 6. The molecule has 0 bridgehead atoms. The van der Waals surface area contributed by atoms with Crippen molar-refractivity contribution in [3.8, 4) is 0 Å². The monoisotopic (exact) mass is 309 g/mol. The molecule has 1 atom stereocenters. The molecular weight excluding hydrogens is 286 g/mol. The van der Waals surface area contributed by atoms with Gasteiger partial charge in [0.15, 0.2) is 0 Å². The Bertz CT molecular complexity index is 406. The summed E-state index contributed by atoms with van der Waals surface area (Å²) in [5.41, 5.74) is -0.723. The molecule has 1 saturated carbocycles. The molecule has 1 aliphatic rings. The Morgan fingerprint density at radius 1 is 1.47 bits per heavy atom. The van der Waals surface area contributed by atoms with Gasteiger partial charge < -0.3 is 4.74 Å². The van der Waals surface area contributed by atoms with E-state index in [0.29, 0.717) is 24.2 Å². The summed E-state index contributed by atoms with van der Waals surface area (Å²) in [4.78, 5) is 12.0. The van der Waals surface area contributed by atoms with E-state index in [1.54, 1.807) is 6.92 Å². The lowest BCUT2D eigenvalue weighted by atomic mass is 10.1. The summed E-state index contributed by atoms with van der Waals surface area (Å²) < 4.78 is 27.2. The third kappa shape index (κ3) is 6.63. The van der Waals surface area contributed by atoms with Gasteiger partial charge in [-0.15, -0.1) is 0 Å². The minimum Gasteiger partial charge on any atom is -0.465 e. The van der Waals surface area contributed by atoms with E-state index < -0.39 is 15.4 Å². The molecule has 0 radical (unpaired) electrons. The van der Waals surface area contributed by atoms with Crippen LogP contribution in [0.4, 0.5) is 0 Å². The topological polar surface area (TPSA) is 72.5 Å². The van der Waals surface area contributed by atoms with Crippen molar-refractivity contribution >= 4 is 27.6 Å². The molecule has 1 rings (SSSR count). The zero-order valence-corrected chi connectivity index (χ0v) is 13.4. The maximum Gasteiger partial charge on any atom is 0.326 e. The Morgan fingerprint density at radius 2 is 2.11 bits per heavy atom. The smallest absolute Gasteiger partial charge is 0.326 e. The van der Waals surface area contributed by atoms with Crippen LogP contribution in [-0.2, 0) is 19.4 Å². The first-order chi connectivity index (χ1) is 8.77. The fourth-order valence-corrected chi connectivity index (χ4v) is 4.05. The molecule has 1 unspecified atom stereocenters. The van der Waals surface area contributed by atoms with Gasteiger partial charge in [-0.25, -0.2) is 8.42 Å². The Balaban J connectivity index is 2.46. The van der Waals surface area contributed by atoms with Crippen LogP contribution in [-0.4, -0.2) is 56.1 Å². The van der Waals surface area contributed by atoms with E-state index in [9.17, 15) is 13.2 Å². The number of hydrogen-bond donors (Lipinski definition) is 1. The summed E-state index contributed by atoms with van der Waals surface area (Å²) in [6.45, 7) is 3.97. The molecule has 1 aliphatic carbocycles. The Labute approximate surface area is 119 Å². The highest BCUT2D eigenvalue weighted by molar-refractivity contribution is 8.00. The second-order valence-corrected chi connectivity index (χ2v) is 8.52. The standard InChI is InChI=1S/C12H23NO4S2/c1-4-17-11(14)12(2,13-10-5-6-10)9-18-7-8-19(3,15)16/h10,13H,4-9H2,1-3H3. The fourth-order valence-electron chi connectivity index (χ4n) is 1.61. The summed E-state index contributed by atoms with van der Waals surface area (Å²) in [6, 6.07) is 0.393. The van der Waals surface area contributed by atoms with Gasteiger partial charge in [0, 0.05) is 23.8 Å². The van der Waals surface area contributed by atoms with E-state index in [0.717, 1.165) is 12.8 Å². The lowest BCUT2D eigenvalue weighted by Crippen LogP contribution is -2.53. The van der Waals surface area contributed by atoms with Crippen LogP contribution in [0.15, 0.2) is 0 Å². The average Bonchev–Trinajstić information content (AvgIpc) is 3.07. The lowest BCUT2D eigenvalue weighted by Gasteiger charge is -2.28. The molecule has 0 amide bonds. The van der Waals surface area contributed by atoms with E-state index in [2.05, 4.69) is 5.32 Å². The van der Waals surface area contributed by atoms with Crippen molar-refractivity contribution in [2.45, 2.75) is 38.3 Å². The molecule has 0 aromatic rings. The Morgan fingerprint density at radius 3 is 2.58 bits per heavy atom. The predicted molar refractivity (Wildman–Crippen MR) is 78.2 cm³/mol. The zero-order chi connectivity index (χ0) is 14.5. The van der Waals surface area contributed by atoms with Crippen LogP contribution < -0.4 is 5.32 Å². The molecule has 5 nitrogen and oxygen atoms in total. The van der Waals surface area contributed by atoms with Crippen molar-refractivity contribution < 1.29 is 17.9 Å². The van der Waals surface area contributed by atoms with E-state index >= 15 is 0 Å². The quantitative estimate of drug-likeness (QED) is 0.502. The van der Waals surface area contributed by atoms with Gasteiger partial charge in [-0.05, 0) is 26.7 Å². The van der Waals surface area contributed by atoms with Crippen LogP contribution in [0.25, 0.3) is 0 Å². The highest BCUT2D eigenvalue weighted by atomic mass is 32.2. The number of ether oxygens (including phenoxy) is 1. The first-order valence-electron chi connectivity index (χ1n) is 6.47. The van der Waals surface area contributed by atoms with Gasteiger partial charge in [0.1, 0.15) is 15.4 Å². The van der Waals surface area contributed by atoms with Crippen molar-refractivity contribution in [2.75, 3.05) is 30.1 Å². The van der Waals surface area contributed by atoms with Crippen LogP contribution in [0.5, 0.6) is 0 Å². The SMILES string of the molecule is CCOC(=O)C(C)(CSCCS(C)(=O)=O)NC1CC1. The number of nitrogens with one attached hydrogen (secondary N) is 1. The number of sulfone groups is 1. The van der Waals surface area contributed by atoms with Crippen LogP contribution in [0, 0.1) is 0 Å². The summed E-state index contributed by atoms with van der Waals surface area (Å²) >= 11 is 1.47. The van der Waals surface area contributed by atoms with Gasteiger partial charge in [0.05, 0.1) is 12.4 Å². The second kappa shape index (κ2) is 6.95. The first-order valence-corrected chi connectivity index (χ1v) is 9.69. The van der Waals surface area contributed by atoms with Crippen LogP contribution in [0.1, 0.15) is 26.7 Å². The molecule has 0 aliphatic heterocycles. The van der Waals surface area contributed by atoms with Crippen molar-refractivity contribution in [3.05, 3.63) is 0 Å². The van der Waals surface area contributed by atoms with Crippen molar-refractivity contribution in [1.29, 1.82) is 0 Å². The molecule has 0 spiro atoms. The third-order valence-corrected chi connectivity index (χ3v) is 5.29. The van der Waals surface area contributed by atoms with Gasteiger partial charge in [0.2, 0.25) is 0 Å². The molecule has 7 heteroatoms. The fraction of sp³-hybridized carbons (Fsp3) is 0.917. The second-order valence-electron chi connectivity index (χ2n) is 5.15. The third-order valence-electron chi connectivity index (χ3n) is 2.82. The van der Waals surface area contributed by atoms with Crippen molar-refractivity contribution in [1.82, 2.24) is 5.32 Å². The van der Waals surface area contributed by atoms with Gasteiger partial charge in [-0.2, -0.15) is 11.8 Å².